The monoisotopic (exact) mass is 619 g/mol. The first-order chi connectivity index (χ1) is 18.5. The Hall–Kier alpha value is -1.14. The van der Waals surface area contributed by atoms with Gasteiger partial charge in [0.1, 0.15) is 18.1 Å². The lowest BCUT2D eigenvalue weighted by atomic mass is 9.43. The normalized spacial score (nSPS) is 40.5. The molecule has 40 heavy (non-hydrogen) atoms. The van der Waals surface area contributed by atoms with Crippen LogP contribution in [0.3, 0.4) is 0 Å². The number of ether oxygens (including phenoxy) is 1. The molecule has 13 nitrogen and oxygen atoms in total. The number of rotatable bonds is 8. The Morgan fingerprint density at radius 2 is 1.75 bits per heavy atom. The molecule has 1 saturated heterocycles. The molecule has 5 aliphatic rings. The van der Waals surface area contributed by atoms with E-state index < -0.39 is 51.6 Å². The van der Waals surface area contributed by atoms with Gasteiger partial charge in [-0.05, 0) is 73.3 Å². The second-order valence-electron chi connectivity index (χ2n) is 13.4. The van der Waals surface area contributed by atoms with Crippen LogP contribution in [0.15, 0.2) is 6.33 Å². The van der Waals surface area contributed by atoms with Gasteiger partial charge < -0.3 is 34.9 Å². The standard InChI is InChI=1S/C24H36ClN5O8P2/c1-22-5-13-6-23(2,8-22)10-24(7-13,9-22)29-18-15-19(28-21(25)27-18)30(11-26-15)20-17(32)16(31)14(38-20)3-4-39(33,34)12-40(35,36)37/h11,13-14,16-17,20,31-32H,3-10,12H2,1-2H3,(H,33,34)(H,27,28,29)(H2,35,36,37)/t13?,14-,16+,17?,20-,22-,23+,24?/m1/s1. The first-order valence-electron chi connectivity index (χ1n) is 13.5. The summed E-state index contributed by atoms with van der Waals surface area (Å²) in [4.78, 5) is 41.5. The van der Waals surface area contributed by atoms with E-state index in [4.69, 9.17) is 26.1 Å². The fraction of sp³-hybridized carbons (Fsp3) is 0.792. The molecule has 0 spiro atoms. The maximum atomic E-state index is 12.2. The number of fused-ring (bicyclic) bond motifs is 1. The van der Waals surface area contributed by atoms with E-state index in [9.17, 15) is 24.2 Å². The van der Waals surface area contributed by atoms with Crippen molar-refractivity contribution in [3.8, 4) is 0 Å². The zero-order chi connectivity index (χ0) is 28.9. The number of nitrogens with zero attached hydrogens (tertiary/aromatic N) is 4. The third-order valence-corrected chi connectivity index (χ3v) is 13.6. The van der Waals surface area contributed by atoms with E-state index in [0.29, 0.717) is 22.9 Å². The Labute approximate surface area is 236 Å². The van der Waals surface area contributed by atoms with Gasteiger partial charge in [-0.3, -0.25) is 13.7 Å². The molecule has 1 aliphatic heterocycles. The van der Waals surface area contributed by atoms with E-state index in [-0.39, 0.29) is 28.1 Å². The Morgan fingerprint density at radius 3 is 2.38 bits per heavy atom. The topological polar surface area (TPSA) is 200 Å². The Balaban J connectivity index is 1.25. The van der Waals surface area contributed by atoms with E-state index in [1.54, 1.807) is 0 Å². The van der Waals surface area contributed by atoms with Gasteiger partial charge in [0, 0.05) is 11.7 Å². The first kappa shape index (κ1) is 29.0. The molecule has 9 atom stereocenters. The maximum absolute atomic E-state index is 12.2. The highest BCUT2D eigenvalue weighted by Crippen LogP contribution is 2.67. The van der Waals surface area contributed by atoms with Crippen LogP contribution in [0.25, 0.3) is 11.2 Å². The molecule has 6 N–H and O–H groups in total. The zero-order valence-electron chi connectivity index (χ0n) is 22.4. The van der Waals surface area contributed by atoms with Crippen LogP contribution in [0, 0.1) is 16.7 Å². The van der Waals surface area contributed by atoms with Crippen molar-refractivity contribution in [3.05, 3.63) is 11.6 Å². The van der Waals surface area contributed by atoms with Gasteiger partial charge in [-0.1, -0.05) is 13.8 Å². The van der Waals surface area contributed by atoms with Crippen LogP contribution < -0.4 is 5.32 Å². The fourth-order valence-corrected chi connectivity index (χ4v) is 12.6. The molecule has 2 aromatic rings. The molecule has 3 heterocycles. The van der Waals surface area contributed by atoms with Crippen molar-refractivity contribution in [2.24, 2.45) is 16.7 Å². The van der Waals surface area contributed by atoms with Crippen LogP contribution in [0.1, 0.15) is 65.0 Å². The van der Waals surface area contributed by atoms with Gasteiger partial charge in [0.15, 0.2) is 23.2 Å². The molecule has 2 aromatic heterocycles. The fourth-order valence-electron chi connectivity index (χ4n) is 8.89. The summed E-state index contributed by atoms with van der Waals surface area (Å²) in [6, 6.07) is 0. The maximum Gasteiger partial charge on any atom is 0.335 e. The number of hydrogen-bond donors (Lipinski definition) is 6. The summed E-state index contributed by atoms with van der Waals surface area (Å²) in [5.74, 6) is -0.00112. The first-order valence-corrected chi connectivity index (χ1v) is 17.7. The minimum atomic E-state index is -4.70. The molecule has 0 amide bonds. The van der Waals surface area contributed by atoms with Gasteiger partial charge in [-0.25, -0.2) is 4.98 Å². The average Bonchev–Trinajstić information content (AvgIpc) is 3.29. The number of halogens is 1. The molecule has 4 aliphatic carbocycles. The Bertz CT molecular complexity index is 1420. The Kier molecular flexibility index (Phi) is 6.83. The van der Waals surface area contributed by atoms with Crippen LogP contribution >= 0.6 is 26.6 Å². The van der Waals surface area contributed by atoms with Crippen LogP contribution in [0.4, 0.5) is 5.82 Å². The number of anilines is 1. The SMILES string of the molecule is C[C@]12CC3CC(Nc4nc(Cl)nc5c4ncn5[C@@H]4O[C@H](CCP(=O)(O)CP(=O)(O)O)[C@H](O)C4O)(C1)C[C@@](C)(C3)C2. The van der Waals surface area contributed by atoms with Gasteiger partial charge in [0.05, 0.1) is 12.4 Å². The second kappa shape index (κ2) is 9.43. The highest BCUT2D eigenvalue weighted by molar-refractivity contribution is 7.72. The number of imidazole rings is 1. The summed E-state index contributed by atoms with van der Waals surface area (Å²) in [5, 5.41) is 25.1. The van der Waals surface area contributed by atoms with Gasteiger partial charge in [-0.15, -0.1) is 0 Å². The van der Waals surface area contributed by atoms with Crippen molar-refractivity contribution >= 4 is 43.5 Å². The van der Waals surface area contributed by atoms with Crippen molar-refractivity contribution in [2.45, 2.75) is 88.9 Å². The molecule has 4 bridgehead atoms. The van der Waals surface area contributed by atoms with Crippen molar-refractivity contribution in [3.63, 3.8) is 0 Å². The molecule has 0 aromatic carbocycles. The predicted molar refractivity (Wildman–Crippen MR) is 146 cm³/mol. The number of aliphatic hydroxyl groups is 2. The second-order valence-corrected chi connectivity index (χ2v) is 18.4. The minimum Gasteiger partial charge on any atom is -0.388 e. The smallest absolute Gasteiger partial charge is 0.335 e. The lowest BCUT2D eigenvalue weighted by Crippen LogP contribution is -2.61. The number of aliphatic hydroxyl groups excluding tert-OH is 2. The molecule has 5 fully saturated rings. The summed E-state index contributed by atoms with van der Waals surface area (Å²) < 4.78 is 30.8. The van der Waals surface area contributed by atoms with Crippen molar-refractivity contribution in [1.82, 2.24) is 19.5 Å². The Morgan fingerprint density at radius 1 is 1.07 bits per heavy atom. The predicted octanol–water partition coefficient (Wildman–Crippen LogP) is 3.06. The highest BCUT2D eigenvalue weighted by atomic mass is 35.5. The number of nitrogens with one attached hydrogen (secondary N) is 1. The summed E-state index contributed by atoms with van der Waals surface area (Å²) in [7, 11) is -8.89. The number of hydrogen-bond acceptors (Lipinski definition) is 9. The molecule has 16 heteroatoms. The van der Waals surface area contributed by atoms with Crippen LogP contribution in [-0.4, -0.2) is 80.3 Å². The van der Waals surface area contributed by atoms with Gasteiger partial charge in [0.25, 0.3) is 0 Å². The summed E-state index contributed by atoms with van der Waals surface area (Å²) in [5.41, 5.74) is 1.16. The molecule has 4 saturated carbocycles. The summed E-state index contributed by atoms with van der Waals surface area (Å²) in [6.45, 7) is 4.76. The molecular formula is C24H36ClN5O8P2. The van der Waals surface area contributed by atoms with Crippen LogP contribution in [-0.2, 0) is 13.9 Å². The van der Waals surface area contributed by atoms with E-state index in [2.05, 4.69) is 34.1 Å². The van der Waals surface area contributed by atoms with Crippen molar-refractivity contribution in [1.29, 1.82) is 0 Å². The van der Waals surface area contributed by atoms with Gasteiger partial charge in [0.2, 0.25) is 12.7 Å². The van der Waals surface area contributed by atoms with Crippen LogP contribution in [0.2, 0.25) is 5.28 Å². The lowest BCUT2D eigenvalue weighted by molar-refractivity contribution is -0.0973. The van der Waals surface area contributed by atoms with Crippen molar-refractivity contribution < 1.29 is 38.8 Å². The van der Waals surface area contributed by atoms with Gasteiger partial charge >= 0.3 is 7.60 Å². The van der Waals surface area contributed by atoms with E-state index in [0.717, 1.165) is 19.3 Å². The van der Waals surface area contributed by atoms with Crippen molar-refractivity contribution in [2.75, 3.05) is 17.4 Å². The summed E-state index contributed by atoms with van der Waals surface area (Å²) >= 11 is 6.37. The van der Waals surface area contributed by atoms with E-state index >= 15 is 0 Å². The average molecular weight is 620 g/mol. The molecule has 222 valence electrons. The van der Waals surface area contributed by atoms with Gasteiger partial charge in [-0.2, -0.15) is 9.97 Å². The zero-order valence-corrected chi connectivity index (χ0v) is 24.9. The molecule has 0 radical (unpaired) electrons. The summed E-state index contributed by atoms with van der Waals surface area (Å²) in [6.07, 6.45) is 2.55. The van der Waals surface area contributed by atoms with E-state index in [1.807, 2.05) is 0 Å². The highest BCUT2D eigenvalue weighted by Gasteiger charge is 2.60. The largest absolute Gasteiger partial charge is 0.388 e. The third-order valence-electron chi connectivity index (χ3n) is 9.18. The van der Waals surface area contributed by atoms with E-state index in [1.165, 1.54) is 30.2 Å². The lowest BCUT2D eigenvalue weighted by Gasteiger charge is -2.65. The minimum absolute atomic E-state index is 0.0119. The molecule has 4 unspecified atom stereocenters. The quantitative estimate of drug-likeness (QED) is 0.187. The number of aromatic nitrogens is 4. The molecule has 7 rings (SSSR count). The third kappa shape index (κ3) is 5.38. The molecular weight excluding hydrogens is 584 g/mol. The van der Waals surface area contributed by atoms with Crippen LogP contribution in [0.5, 0.6) is 0 Å².